The molecule has 0 aromatic carbocycles. The van der Waals surface area contributed by atoms with Gasteiger partial charge in [-0.05, 0) is 48.4 Å². The molecule has 8 heteroatoms. The Kier molecular flexibility index (Phi) is 4.63. The Labute approximate surface area is 153 Å². The number of aromatic nitrogens is 3. The summed E-state index contributed by atoms with van der Waals surface area (Å²) in [5.41, 5.74) is 7.42. The molecular formula is C17H26N4O2SSi. The summed E-state index contributed by atoms with van der Waals surface area (Å²) in [6, 6.07) is 4.11. The second-order valence-corrected chi connectivity index (χ2v) is 13.8. The highest BCUT2D eigenvalue weighted by molar-refractivity contribution is 7.16. The molecule has 2 aromatic rings. The minimum absolute atomic E-state index is 0.136. The van der Waals surface area contributed by atoms with Gasteiger partial charge in [0, 0.05) is 11.8 Å². The summed E-state index contributed by atoms with van der Waals surface area (Å²) in [5, 5.41) is 8.63. The zero-order chi connectivity index (χ0) is 18.3. The number of nitrogens with zero attached hydrogens (tertiary/aromatic N) is 3. The molecule has 1 saturated carbocycles. The maximum absolute atomic E-state index is 6.70. The number of nitrogen functional groups attached to an aromatic ring is 1. The van der Waals surface area contributed by atoms with Gasteiger partial charge in [0.15, 0.2) is 8.32 Å². The Morgan fingerprint density at radius 3 is 2.44 bits per heavy atom. The van der Waals surface area contributed by atoms with Crippen LogP contribution in [0.3, 0.4) is 0 Å². The molecule has 1 aliphatic carbocycles. The van der Waals surface area contributed by atoms with Crippen LogP contribution in [0.1, 0.15) is 44.9 Å². The first-order valence-corrected chi connectivity index (χ1v) is 12.2. The lowest BCUT2D eigenvalue weighted by molar-refractivity contribution is 0.158. The smallest absolute Gasteiger partial charge is 0.296 e. The van der Waals surface area contributed by atoms with Crippen LogP contribution in [0.25, 0.3) is 0 Å². The molecule has 3 rings (SSSR count). The van der Waals surface area contributed by atoms with Crippen molar-refractivity contribution >= 4 is 24.8 Å². The molecule has 25 heavy (non-hydrogen) atoms. The van der Waals surface area contributed by atoms with E-state index in [0.29, 0.717) is 16.9 Å². The lowest BCUT2D eigenvalue weighted by atomic mass is 10.1. The third-order valence-corrected chi connectivity index (χ3v) is 10.3. The summed E-state index contributed by atoms with van der Waals surface area (Å²) < 4.78 is 12.3. The van der Waals surface area contributed by atoms with Crippen LogP contribution in [0.4, 0.5) is 5.13 Å². The van der Waals surface area contributed by atoms with Gasteiger partial charge < -0.3 is 14.9 Å². The normalized spacial score (nSPS) is 16.7. The van der Waals surface area contributed by atoms with E-state index in [-0.39, 0.29) is 10.6 Å². The van der Waals surface area contributed by atoms with Crippen molar-refractivity contribution in [1.82, 2.24) is 15.2 Å². The van der Waals surface area contributed by atoms with Crippen LogP contribution in [0.2, 0.25) is 18.1 Å². The van der Waals surface area contributed by atoms with Crippen LogP contribution in [0, 0.1) is 0 Å². The Bertz CT molecular complexity index is 736. The minimum atomic E-state index is -1.81. The highest BCUT2D eigenvalue weighted by Gasteiger charge is 2.52. The first-order chi connectivity index (χ1) is 11.6. The van der Waals surface area contributed by atoms with Crippen LogP contribution < -0.4 is 10.5 Å². The predicted molar refractivity (Wildman–Crippen MR) is 102 cm³/mol. The second-order valence-electron chi connectivity index (χ2n) is 8.09. The lowest BCUT2D eigenvalue weighted by Gasteiger charge is -2.39. The SMILES string of the molecule is CC(C)(C)[Si](C)(C)OC1(c2ccc(COc3nnc(N)s3)nc2)CC1. The van der Waals surface area contributed by atoms with Gasteiger partial charge in [-0.3, -0.25) is 4.98 Å². The zero-order valence-corrected chi connectivity index (χ0v) is 17.3. The number of pyridine rings is 1. The fourth-order valence-corrected chi connectivity index (χ4v) is 4.46. The Hall–Kier alpha value is -1.51. The molecule has 0 atom stereocenters. The summed E-state index contributed by atoms with van der Waals surface area (Å²) >= 11 is 1.22. The molecule has 0 radical (unpaired) electrons. The average molecular weight is 379 g/mol. The third kappa shape index (κ3) is 4.01. The largest absolute Gasteiger partial charge is 0.462 e. The van der Waals surface area contributed by atoms with Gasteiger partial charge in [0.25, 0.3) is 5.19 Å². The minimum Gasteiger partial charge on any atom is -0.462 e. The van der Waals surface area contributed by atoms with Gasteiger partial charge in [-0.1, -0.05) is 31.9 Å². The number of anilines is 1. The van der Waals surface area contributed by atoms with Crippen LogP contribution in [-0.4, -0.2) is 23.5 Å². The Morgan fingerprint density at radius 1 is 1.24 bits per heavy atom. The molecule has 0 unspecified atom stereocenters. The van der Waals surface area contributed by atoms with Gasteiger partial charge in [0.2, 0.25) is 5.13 Å². The van der Waals surface area contributed by atoms with E-state index in [2.05, 4.69) is 55.1 Å². The second kappa shape index (κ2) is 6.33. The van der Waals surface area contributed by atoms with Crippen molar-refractivity contribution in [3.63, 3.8) is 0 Å². The first kappa shape index (κ1) is 18.3. The summed E-state index contributed by atoms with van der Waals surface area (Å²) in [6.07, 6.45) is 4.06. The average Bonchev–Trinajstić information content (AvgIpc) is 3.17. The van der Waals surface area contributed by atoms with E-state index in [4.69, 9.17) is 14.9 Å². The predicted octanol–water partition coefficient (Wildman–Crippen LogP) is 4.11. The van der Waals surface area contributed by atoms with Gasteiger partial charge in [0.1, 0.15) is 6.61 Å². The molecule has 0 amide bonds. The quantitative estimate of drug-likeness (QED) is 0.762. The number of hydrogen-bond donors (Lipinski definition) is 1. The van der Waals surface area contributed by atoms with E-state index in [1.54, 1.807) is 0 Å². The number of nitrogens with two attached hydrogens (primary N) is 1. The maximum atomic E-state index is 6.70. The fraction of sp³-hybridized carbons (Fsp3) is 0.588. The van der Waals surface area contributed by atoms with E-state index in [9.17, 15) is 0 Å². The van der Waals surface area contributed by atoms with Crippen molar-refractivity contribution in [1.29, 1.82) is 0 Å². The molecule has 6 nitrogen and oxygen atoms in total. The van der Waals surface area contributed by atoms with Crippen LogP contribution in [0.15, 0.2) is 18.3 Å². The van der Waals surface area contributed by atoms with Gasteiger partial charge in [-0.15, -0.1) is 5.10 Å². The molecule has 2 N–H and O–H groups in total. The number of hydrogen-bond acceptors (Lipinski definition) is 7. The molecule has 0 bridgehead atoms. The molecule has 136 valence electrons. The molecular weight excluding hydrogens is 352 g/mol. The molecule has 0 saturated heterocycles. The standard InChI is InChI=1S/C17H26N4O2SSi/c1-16(2,3)25(4,5)23-17(8-9-17)12-6-7-13(19-10-12)11-22-15-21-20-14(18)24-15/h6-7,10H,8-9,11H2,1-5H3,(H2,18,20). The topological polar surface area (TPSA) is 83.2 Å². The molecule has 1 fully saturated rings. The highest BCUT2D eigenvalue weighted by atomic mass is 32.1. The fourth-order valence-electron chi connectivity index (χ4n) is 2.40. The summed E-state index contributed by atoms with van der Waals surface area (Å²) in [7, 11) is -1.81. The number of ether oxygens (including phenoxy) is 1. The van der Waals surface area contributed by atoms with E-state index in [0.717, 1.165) is 18.5 Å². The Morgan fingerprint density at radius 2 is 1.96 bits per heavy atom. The van der Waals surface area contributed by atoms with Crippen molar-refractivity contribution in [2.75, 3.05) is 5.73 Å². The van der Waals surface area contributed by atoms with Crippen molar-refractivity contribution in [2.45, 2.75) is 64.0 Å². The van der Waals surface area contributed by atoms with Gasteiger partial charge in [-0.2, -0.15) is 0 Å². The maximum Gasteiger partial charge on any atom is 0.296 e. The van der Waals surface area contributed by atoms with Crippen LogP contribution in [0.5, 0.6) is 5.19 Å². The molecule has 0 aliphatic heterocycles. The van der Waals surface area contributed by atoms with Crippen LogP contribution >= 0.6 is 11.3 Å². The molecule has 2 heterocycles. The van der Waals surface area contributed by atoms with Crippen LogP contribution in [-0.2, 0) is 16.6 Å². The van der Waals surface area contributed by atoms with Gasteiger partial charge >= 0.3 is 0 Å². The van der Waals surface area contributed by atoms with Gasteiger partial charge in [0.05, 0.1) is 11.3 Å². The molecule has 0 spiro atoms. The van der Waals surface area contributed by atoms with Crippen molar-refractivity contribution in [3.8, 4) is 5.19 Å². The monoisotopic (exact) mass is 378 g/mol. The first-order valence-electron chi connectivity index (χ1n) is 8.49. The highest BCUT2D eigenvalue weighted by Crippen LogP contribution is 2.53. The van der Waals surface area contributed by atoms with Crippen molar-refractivity contribution in [3.05, 3.63) is 29.6 Å². The van der Waals surface area contributed by atoms with Gasteiger partial charge in [-0.25, -0.2) is 0 Å². The van der Waals surface area contributed by atoms with E-state index in [1.807, 2.05) is 12.3 Å². The lowest BCUT2D eigenvalue weighted by Crippen LogP contribution is -2.44. The zero-order valence-electron chi connectivity index (χ0n) is 15.5. The summed E-state index contributed by atoms with van der Waals surface area (Å²) in [5.74, 6) is 0. The van der Waals surface area contributed by atoms with Crippen molar-refractivity contribution < 1.29 is 9.16 Å². The molecule has 2 aromatic heterocycles. The number of rotatable bonds is 6. The Balaban J connectivity index is 1.65. The summed E-state index contributed by atoms with van der Waals surface area (Å²) in [6.45, 7) is 11.8. The molecule has 1 aliphatic rings. The summed E-state index contributed by atoms with van der Waals surface area (Å²) in [4.78, 5) is 4.53. The van der Waals surface area contributed by atoms with E-state index < -0.39 is 8.32 Å². The van der Waals surface area contributed by atoms with Crippen molar-refractivity contribution in [2.24, 2.45) is 0 Å². The third-order valence-electron chi connectivity index (χ3n) is 5.08. The van der Waals surface area contributed by atoms with E-state index in [1.165, 1.54) is 16.9 Å². The van der Waals surface area contributed by atoms with E-state index >= 15 is 0 Å².